The van der Waals surface area contributed by atoms with Crippen LogP contribution in [0, 0.1) is 5.92 Å². The second-order valence-corrected chi connectivity index (χ2v) is 7.19. The normalized spacial score (nSPS) is 17.8. The standard InChI is InChI=1S/C21H28N4O4/c1-5-13(2)17(20(26)29-4)24-21(27)25-11-10-15-18(23-12-22-15)19(25)14-8-6-7-9-16(14)28-3/h6-9,12-13,17,19H,5,10-11H2,1-4H3,(H,22,23)(H,24,27)/t13-,17+,19-/m0/s1. The SMILES string of the molecule is CC[C@H](C)[C@@H](NC(=O)N1CCc2[nH]cnc2[C@@H]1c1ccccc1OC)C(=O)OC. The molecule has 29 heavy (non-hydrogen) atoms. The van der Waals surface area contributed by atoms with Crippen molar-refractivity contribution in [3.63, 3.8) is 0 Å². The van der Waals surface area contributed by atoms with E-state index in [4.69, 9.17) is 9.47 Å². The van der Waals surface area contributed by atoms with Crippen LogP contribution in [0.2, 0.25) is 0 Å². The Morgan fingerprint density at radius 1 is 1.34 bits per heavy atom. The van der Waals surface area contributed by atoms with Crippen LogP contribution in [0.25, 0.3) is 0 Å². The van der Waals surface area contributed by atoms with Gasteiger partial charge in [0.2, 0.25) is 0 Å². The van der Waals surface area contributed by atoms with Crippen LogP contribution in [0.3, 0.4) is 0 Å². The van der Waals surface area contributed by atoms with E-state index in [-0.39, 0.29) is 11.9 Å². The molecule has 1 aliphatic rings. The fraction of sp³-hybridized carbons (Fsp3) is 0.476. The minimum Gasteiger partial charge on any atom is -0.496 e. The quantitative estimate of drug-likeness (QED) is 0.727. The summed E-state index contributed by atoms with van der Waals surface area (Å²) in [4.78, 5) is 34.9. The van der Waals surface area contributed by atoms with E-state index in [1.807, 2.05) is 38.1 Å². The maximum atomic E-state index is 13.3. The van der Waals surface area contributed by atoms with Crippen molar-refractivity contribution in [2.24, 2.45) is 5.92 Å². The molecule has 2 N–H and O–H groups in total. The van der Waals surface area contributed by atoms with Gasteiger partial charge in [-0.25, -0.2) is 14.6 Å². The molecule has 0 unspecified atom stereocenters. The number of nitrogens with zero attached hydrogens (tertiary/aromatic N) is 2. The lowest BCUT2D eigenvalue weighted by Crippen LogP contribution is -2.53. The summed E-state index contributed by atoms with van der Waals surface area (Å²) in [5.74, 6) is 0.179. The van der Waals surface area contributed by atoms with Crippen LogP contribution in [-0.4, -0.2) is 53.7 Å². The molecule has 0 radical (unpaired) electrons. The van der Waals surface area contributed by atoms with E-state index in [1.54, 1.807) is 18.3 Å². The molecule has 1 aliphatic heterocycles. The number of carbonyl (C=O) groups excluding carboxylic acids is 2. The highest BCUT2D eigenvalue weighted by molar-refractivity contribution is 5.84. The molecular formula is C21H28N4O4. The molecule has 0 spiro atoms. The van der Waals surface area contributed by atoms with Crippen molar-refractivity contribution in [1.29, 1.82) is 0 Å². The van der Waals surface area contributed by atoms with Gasteiger partial charge >= 0.3 is 12.0 Å². The maximum absolute atomic E-state index is 13.3. The average Bonchev–Trinajstić information content (AvgIpc) is 3.24. The fourth-order valence-corrected chi connectivity index (χ4v) is 3.71. The van der Waals surface area contributed by atoms with Crippen LogP contribution in [-0.2, 0) is 16.0 Å². The van der Waals surface area contributed by atoms with Gasteiger partial charge in [-0.1, -0.05) is 38.5 Å². The van der Waals surface area contributed by atoms with E-state index in [2.05, 4.69) is 15.3 Å². The number of amides is 2. The molecule has 0 saturated carbocycles. The van der Waals surface area contributed by atoms with Crippen molar-refractivity contribution in [3.8, 4) is 5.75 Å². The van der Waals surface area contributed by atoms with Gasteiger partial charge in [0.05, 0.1) is 26.2 Å². The number of H-pyrrole nitrogens is 1. The third-order valence-electron chi connectivity index (χ3n) is 5.57. The van der Waals surface area contributed by atoms with Crippen LogP contribution in [0.4, 0.5) is 4.79 Å². The number of fused-ring (bicyclic) bond motifs is 1. The van der Waals surface area contributed by atoms with Crippen molar-refractivity contribution in [2.45, 2.75) is 38.8 Å². The highest BCUT2D eigenvalue weighted by Gasteiger charge is 2.37. The van der Waals surface area contributed by atoms with Gasteiger partial charge in [-0.3, -0.25) is 0 Å². The van der Waals surface area contributed by atoms with E-state index in [1.165, 1.54) is 7.11 Å². The third kappa shape index (κ3) is 4.06. The number of aromatic amines is 1. The molecular weight excluding hydrogens is 372 g/mol. The first kappa shape index (κ1) is 20.7. The van der Waals surface area contributed by atoms with Gasteiger partial charge in [0, 0.05) is 24.2 Å². The number of hydrogen-bond donors (Lipinski definition) is 2. The number of urea groups is 1. The fourth-order valence-electron chi connectivity index (χ4n) is 3.71. The molecule has 2 heterocycles. The smallest absolute Gasteiger partial charge is 0.328 e. The van der Waals surface area contributed by atoms with E-state index < -0.39 is 18.1 Å². The summed E-state index contributed by atoms with van der Waals surface area (Å²) in [6.45, 7) is 4.38. The van der Waals surface area contributed by atoms with Crippen molar-refractivity contribution >= 4 is 12.0 Å². The van der Waals surface area contributed by atoms with Gasteiger partial charge in [-0.05, 0) is 12.0 Å². The predicted octanol–water partition coefficient (Wildman–Crippen LogP) is 2.66. The number of methoxy groups -OCH3 is 2. The molecule has 0 bridgehead atoms. The summed E-state index contributed by atoms with van der Waals surface area (Å²) in [6.07, 6.45) is 3.03. The van der Waals surface area contributed by atoms with E-state index in [0.717, 1.165) is 23.4 Å². The van der Waals surface area contributed by atoms with Crippen LogP contribution >= 0.6 is 0 Å². The number of ether oxygens (including phenoxy) is 2. The Hall–Kier alpha value is -3.03. The molecule has 0 saturated heterocycles. The summed E-state index contributed by atoms with van der Waals surface area (Å²) in [7, 11) is 2.94. The van der Waals surface area contributed by atoms with Crippen molar-refractivity contribution in [2.75, 3.05) is 20.8 Å². The predicted molar refractivity (Wildman–Crippen MR) is 108 cm³/mol. The molecule has 0 aliphatic carbocycles. The Morgan fingerprint density at radius 3 is 2.79 bits per heavy atom. The first-order valence-electron chi connectivity index (χ1n) is 9.81. The lowest BCUT2D eigenvalue weighted by Gasteiger charge is -2.37. The Balaban J connectivity index is 1.96. The van der Waals surface area contributed by atoms with Gasteiger partial charge < -0.3 is 24.7 Å². The van der Waals surface area contributed by atoms with E-state index in [0.29, 0.717) is 18.7 Å². The molecule has 1 aromatic heterocycles. The molecule has 1 aromatic carbocycles. The van der Waals surface area contributed by atoms with Crippen LogP contribution in [0.5, 0.6) is 5.75 Å². The van der Waals surface area contributed by atoms with Gasteiger partial charge in [0.15, 0.2) is 0 Å². The van der Waals surface area contributed by atoms with Crippen LogP contribution < -0.4 is 10.1 Å². The lowest BCUT2D eigenvalue weighted by molar-refractivity contribution is -0.144. The summed E-state index contributed by atoms with van der Waals surface area (Å²) >= 11 is 0. The molecule has 2 amide bonds. The van der Waals surface area contributed by atoms with Gasteiger partial charge in [-0.2, -0.15) is 0 Å². The molecule has 8 nitrogen and oxygen atoms in total. The number of hydrogen-bond acceptors (Lipinski definition) is 5. The van der Waals surface area contributed by atoms with Gasteiger partial charge in [0.25, 0.3) is 0 Å². The van der Waals surface area contributed by atoms with Crippen LogP contribution in [0.15, 0.2) is 30.6 Å². The zero-order valence-corrected chi connectivity index (χ0v) is 17.3. The minimum atomic E-state index is -0.712. The maximum Gasteiger partial charge on any atom is 0.328 e. The van der Waals surface area contributed by atoms with Crippen LogP contribution in [0.1, 0.15) is 43.3 Å². The molecule has 2 aromatic rings. The highest BCUT2D eigenvalue weighted by atomic mass is 16.5. The number of benzene rings is 1. The summed E-state index contributed by atoms with van der Waals surface area (Å²) in [5.41, 5.74) is 2.63. The number of imidazole rings is 1. The molecule has 3 atom stereocenters. The zero-order valence-electron chi connectivity index (χ0n) is 17.3. The topological polar surface area (TPSA) is 96.5 Å². The first-order valence-corrected chi connectivity index (χ1v) is 9.81. The first-order chi connectivity index (χ1) is 14.0. The Morgan fingerprint density at radius 2 is 2.10 bits per heavy atom. The summed E-state index contributed by atoms with van der Waals surface area (Å²) in [6, 6.07) is 6.13. The van der Waals surface area contributed by atoms with E-state index in [9.17, 15) is 9.59 Å². The summed E-state index contributed by atoms with van der Waals surface area (Å²) in [5, 5.41) is 2.88. The van der Waals surface area contributed by atoms with Crippen molar-refractivity contribution < 1.29 is 19.1 Å². The Bertz CT molecular complexity index is 866. The molecule has 0 fully saturated rings. The number of para-hydroxylation sites is 1. The number of nitrogens with one attached hydrogen (secondary N) is 2. The average molecular weight is 400 g/mol. The Kier molecular flexibility index (Phi) is 6.41. The van der Waals surface area contributed by atoms with E-state index >= 15 is 0 Å². The zero-order chi connectivity index (χ0) is 21.0. The second kappa shape index (κ2) is 8.98. The number of esters is 1. The van der Waals surface area contributed by atoms with Crippen molar-refractivity contribution in [3.05, 3.63) is 47.5 Å². The lowest BCUT2D eigenvalue weighted by atomic mass is 9.95. The molecule has 3 rings (SSSR count). The highest BCUT2D eigenvalue weighted by Crippen LogP contribution is 2.37. The largest absolute Gasteiger partial charge is 0.496 e. The number of carbonyl (C=O) groups is 2. The van der Waals surface area contributed by atoms with Crippen molar-refractivity contribution in [1.82, 2.24) is 20.2 Å². The molecule has 8 heteroatoms. The monoisotopic (exact) mass is 400 g/mol. The van der Waals surface area contributed by atoms with Gasteiger partial charge in [0.1, 0.15) is 17.8 Å². The second-order valence-electron chi connectivity index (χ2n) is 7.19. The number of aromatic nitrogens is 2. The molecule has 156 valence electrons. The number of rotatable bonds is 6. The summed E-state index contributed by atoms with van der Waals surface area (Å²) < 4.78 is 10.4. The Labute approximate surface area is 170 Å². The van der Waals surface area contributed by atoms with Gasteiger partial charge in [-0.15, -0.1) is 0 Å². The minimum absolute atomic E-state index is 0.0538. The third-order valence-corrected chi connectivity index (χ3v) is 5.57.